The zero-order valence-corrected chi connectivity index (χ0v) is 16.3. The SMILES string of the molecule is O=C1CC[C@H](N2Cc3cc(O[C@@H]4CNC[C@H]4c4ccncc4)ccc3C2=O)C(=O)N1. The van der Waals surface area contributed by atoms with Crippen LogP contribution in [0, 0.1) is 0 Å². The summed E-state index contributed by atoms with van der Waals surface area (Å²) in [5.74, 6) is 0.0663. The Kier molecular flexibility index (Phi) is 4.71. The number of pyridine rings is 1. The van der Waals surface area contributed by atoms with E-state index in [-0.39, 0.29) is 30.3 Å². The van der Waals surface area contributed by atoms with Crippen LogP contribution in [0.15, 0.2) is 42.7 Å². The molecule has 2 fully saturated rings. The van der Waals surface area contributed by atoms with Crippen molar-refractivity contribution in [3.05, 3.63) is 59.4 Å². The molecule has 3 aliphatic rings. The quantitative estimate of drug-likeness (QED) is 0.734. The van der Waals surface area contributed by atoms with E-state index in [1.54, 1.807) is 23.4 Å². The average Bonchev–Trinajstić information content (AvgIpc) is 3.33. The van der Waals surface area contributed by atoms with Crippen molar-refractivity contribution in [3.63, 3.8) is 0 Å². The lowest BCUT2D eigenvalue weighted by molar-refractivity contribution is -0.136. The van der Waals surface area contributed by atoms with E-state index in [4.69, 9.17) is 4.74 Å². The van der Waals surface area contributed by atoms with Crippen LogP contribution in [0.4, 0.5) is 0 Å². The van der Waals surface area contributed by atoms with Gasteiger partial charge < -0.3 is 15.0 Å². The second-order valence-corrected chi connectivity index (χ2v) is 7.92. The van der Waals surface area contributed by atoms with Gasteiger partial charge in [0.1, 0.15) is 17.9 Å². The highest BCUT2D eigenvalue weighted by molar-refractivity contribution is 6.05. The highest BCUT2D eigenvalue weighted by atomic mass is 16.5. The van der Waals surface area contributed by atoms with Gasteiger partial charge in [-0.3, -0.25) is 24.7 Å². The van der Waals surface area contributed by atoms with E-state index in [2.05, 4.69) is 15.6 Å². The fourth-order valence-corrected chi connectivity index (χ4v) is 4.52. The van der Waals surface area contributed by atoms with Crippen molar-refractivity contribution in [3.8, 4) is 5.75 Å². The standard InChI is InChI=1S/C22H22N4O4/c27-20-4-3-18(21(28)25-20)26-12-14-9-15(1-2-16(14)22(26)29)30-19-11-24-10-17(19)13-5-7-23-8-6-13/h1-2,5-9,17-19,24H,3-4,10-12H2,(H,25,27,28)/t17-,18-,19+/m0/s1. The van der Waals surface area contributed by atoms with Crippen molar-refractivity contribution >= 4 is 17.7 Å². The van der Waals surface area contributed by atoms with Crippen LogP contribution in [0.1, 0.15) is 40.2 Å². The first-order valence-electron chi connectivity index (χ1n) is 10.1. The van der Waals surface area contributed by atoms with Crippen molar-refractivity contribution < 1.29 is 19.1 Å². The summed E-state index contributed by atoms with van der Waals surface area (Å²) in [6, 6.07) is 8.87. The lowest BCUT2D eigenvalue weighted by Gasteiger charge is -2.29. The number of nitrogens with zero attached hydrogens (tertiary/aromatic N) is 2. The van der Waals surface area contributed by atoms with Crippen LogP contribution in [0.5, 0.6) is 5.75 Å². The zero-order chi connectivity index (χ0) is 20.7. The Morgan fingerprint density at radius 2 is 1.90 bits per heavy atom. The minimum absolute atomic E-state index is 0.0196. The molecule has 2 N–H and O–H groups in total. The number of imide groups is 1. The first-order chi connectivity index (χ1) is 14.6. The van der Waals surface area contributed by atoms with Crippen LogP contribution < -0.4 is 15.4 Å². The third-order valence-electron chi connectivity index (χ3n) is 6.08. The minimum atomic E-state index is -0.609. The first-order valence-corrected chi connectivity index (χ1v) is 10.1. The number of fused-ring (bicyclic) bond motifs is 1. The maximum Gasteiger partial charge on any atom is 0.255 e. The fraction of sp³-hybridized carbons (Fsp3) is 0.364. The minimum Gasteiger partial charge on any atom is -0.488 e. The highest BCUT2D eigenvalue weighted by Crippen LogP contribution is 2.32. The maximum atomic E-state index is 12.8. The van der Waals surface area contributed by atoms with Gasteiger partial charge in [0.25, 0.3) is 5.91 Å². The molecular weight excluding hydrogens is 384 g/mol. The highest BCUT2D eigenvalue weighted by Gasteiger charge is 2.39. The van der Waals surface area contributed by atoms with Crippen LogP contribution >= 0.6 is 0 Å². The molecule has 0 unspecified atom stereocenters. The monoisotopic (exact) mass is 406 g/mol. The molecule has 3 amide bonds. The van der Waals surface area contributed by atoms with E-state index < -0.39 is 11.9 Å². The first kappa shape index (κ1) is 18.7. The summed E-state index contributed by atoms with van der Waals surface area (Å²) in [6.07, 6.45) is 4.16. The number of benzene rings is 1. The molecule has 0 bridgehead atoms. The molecule has 8 nitrogen and oxygen atoms in total. The average molecular weight is 406 g/mol. The molecule has 8 heteroatoms. The van der Waals surface area contributed by atoms with E-state index in [1.165, 1.54) is 5.56 Å². The van der Waals surface area contributed by atoms with Crippen LogP contribution in [0.3, 0.4) is 0 Å². The third kappa shape index (κ3) is 3.33. The summed E-state index contributed by atoms with van der Waals surface area (Å²) >= 11 is 0. The summed E-state index contributed by atoms with van der Waals surface area (Å²) in [4.78, 5) is 42.1. The number of aromatic nitrogens is 1. The zero-order valence-electron chi connectivity index (χ0n) is 16.3. The third-order valence-corrected chi connectivity index (χ3v) is 6.08. The molecule has 0 aliphatic carbocycles. The van der Waals surface area contributed by atoms with E-state index in [0.717, 1.165) is 18.7 Å². The van der Waals surface area contributed by atoms with E-state index in [9.17, 15) is 14.4 Å². The molecule has 30 heavy (non-hydrogen) atoms. The molecule has 0 radical (unpaired) electrons. The van der Waals surface area contributed by atoms with Crippen LogP contribution in [0.2, 0.25) is 0 Å². The molecule has 0 spiro atoms. The number of hydrogen-bond donors (Lipinski definition) is 2. The van der Waals surface area contributed by atoms with Gasteiger partial charge in [-0.1, -0.05) is 0 Å². The Hall–Kier alpha value is -3.26. The topological polar surface area (TPSA) is 101 Å². The second-order valence-electron chi connectivity index (χ2n) is 7.92. The van der Waals surface area contributed by atoms with Gasteiger partial charge in [0.2, 0.25) is 11.8 Å². The summed E-state index contributed by atoms with van der Waals surface area (Å²) in [6.45, 7) is 1.92. The van der Waals surface area contributed by atoms with E-state index in [0.29, 0.717) is 24.3 Å². The van der Waals surface area contributed by atoms with Gasteiger partial charge in [0.15, 0.2) is 0 Å². The molecule has 1 aromatic carbocycles. The summed E-state index contributed by atoms with van der Waals surface area (Å²) in [7, 11) is 0. The normalized spacial score (nSPS) is 25.9. The lowest BCUT2D eigenvalue weighted by Crippen LogP contribution is -2.52. The Labute approximate surface area is 173 Å². The predicted molar refractivity (Wildman–Crippen MR) is 107 cm³/mol. The Morgan fingerprint density at radius 1 is 1.07 bits per heavy atom. The van der Waals surface area contributed by atoms with Gasteiger partial charge in [-0.25, -0.2) is 0 Å². The maximum absolute atomic E-state index is 12.8. The lowest BCUT2D eigenvalue weighted by atomic mass is 9.97. The summed E-state index contributed by atoms with van der Waals surface area (Å²) < 4.78 is 6.28. The fourth-order valence-electron chi connectivity index (χ4n) is 4.52. The van der Waals surface area contributed by atoms with Gasteiger partial charge in [-0.2, -0.15) is 0 Å². The van der Waals surface area contributed by atoms with Crippen molar-refractivity contribution in [2.24, 2.45) is 0 Å². The molecule has 4 heterocycles. The van der Waals surface area contributed by atoms with Gasteiger partial charge in [0, 0.05) is 49.9 Å². The van der Waals surface area contributed by atoms with Gasteiger partial charge in [-0.05, 0) is 47.9 Å². The van der Waals surface area contributed by atoms with E-state index >= 15 is 0 Å². The van der Waals surface area contributed by atoms with E-state index in [1.807, 2.05) is 24.3 Å². The van der Waals surface area contributed by atoms with Crippen LogP contribution in [0.25, 0.3) is 0 Å². The number of amides is 3. The molecule has 5 rings (SSSR count). The molecular formula is C22H22N4O4. The predicted octanol–water partition coefficient (Wildman–Crippen LogP) is 0.977. The smallest absolute Gasteiger partial charge is 0.255 e. The van der Waals surface area contributed by atoms with Crippen LogP contribution in [-0.2, 0) is 16.1 Å². The van der Waals surface area contributed by atoms with Crippen molar-refractivity contribution in [1.82, 2.24) is 20.5 Å². The van der Waals surface area contributed by atoms with Crippen molar-refractivity contribution in [1.29, 1.82) is 0 Å². The molecule has 2 saturated heterocycles. The number of piperidine rings is 1. The summed E-state index contributed by atoms with van der Waals surface area (Å²) in [5.41, 5.74) is 2.61. The number of carbonyl (C=O) groups excluding carboxylic acids is 3. The Balaban J connectivity index is 1.32. The number of hydrogen-bond acceptors (Lipinski definition) is 6. The van der Waals surface area contributed by atoms with Crippen molar-refractivity contribution in [2.45, 2.75) is 37.5 Å². The molecule has 3 atom stereocenters. The van der Waals surface area contributed by atoms with Crippen LogP contribution in [-0.4, -0.2) is 52.8 Å². The number of ether oxygens (including phenoxy) is 1. The number of carbonyl (C=O) groups is 3. The summed E-state index contributed by atoms with van der Waals surface area (Å²) in [5, 5.41) is 5.71. The largest absolute Gasteiger partial charge is 0.488 e. The van der Waals surface area contributed by atoms with Gasteiger partial charge >= 0.3 is 0 Å². The van der Waals surface area contributed by atoms with Gasteiger partial charge in [0.05, 0.1) is 0 Å². The van der Waals surface area contributed by atoms with Gasteiger partial charge in [-0.15, -0.1) is 0 Å². The number of rotatable bonds is 4. The van der Waals surface area contributed by atoms with Crippen molar-refractivity contribution in [2.75, 3.05) is 13.1 Å². The molecule has 3 aliphatic heterocycles. The Bertz CT molecular complexity index is 1010. The molecule has 154 valence electrons. The second kappa shape index (κ2) is 7.53. The Morgan fingerprint density at radius 3 is 2.70 bits per heavy atom. The molecule has 1 aromatic heterocycles. The molecule has 2 aromatic rings. The number of nitrogens with one attached hydrogen (secondary N) is 2. The molecule has 0 saturated carbocycles.